The molecule has 0 saturated heterocycles. The number of Topliss-reactive ketones (excluding diaryl/α,β-unsaturated/α-hetero) is 1. The highest BCUT2D eigenvalue weighted by Gasteiger charge is 2.08. The van der Waals surface area contributed by atoms with Crippen molar-refractivity contribution in [1.29, 1.82) is 0 Å². The molecular weight excluding hydrogens is 270 g/mol. The Morgan fingerprint density at radius 3 is 2.82 bits per heavy atom. The van der Waals surface area contributed by atoms with Crippen LogP contribution in [0.2, 0.25) is 0 Å². The zero-order chi connectivity index (χ0) is 15.5. The van der Waals surface area contributed by atoms with Gasteiger partial charge >= 0.3 is 0 Å². The van der Waals surface area contributed by atoms with E-state index in [1.165, 1.54) is 22.1 Å². The second-order valence-corrected chi connectivity index (χ2v) is 5.92. The van der Waals surface area contributed by atoms with Gasteiger partial charge < -0.3 is 4.98 Å². The summed E-state index contributed by atoms with van der Waals surface area (Å²) in [6.45, 7) is 4.14. The molecule has 0 atom stereocenters. The molecule has 2 nitrogen and oxygen atoms in total. The lowest BCUT2D eigenvalue weighted by Crippen LogP contribution is -2.02. The summed E-state index contributed by atoms with van der Waals surface area (Å²) in [5, 5.41) is 1.22. The fraction of sp³-hybridized carbons (Fsp3) is 0.250. The lowest BCUT2D eigenvalue weighted by Gasteiger charge is -2.09. The summed E-state index contributed by atoms with van der Waals surface area (Å²) in [7, 11) is 0. The van der Waals surface area contributed by atoms with Crippen molar-refractivity contribution in [3.05, 3.63) is 59.8 Å². The Morgan fingerprint density at radius 2 is 2.00 bits per heavy atom. The van der Waals surface area contributed by atoms with Crippen LogP contribution in [0.4, 0.5) is 0 Å². The largest absolute Gasteiger partial charge is 0.361 e. The highest BCUT2D eigenvalue weighted by atomic mass is 16.1. The molecular formula is C20H21NO. The van der Waals surface area contributed by atoms with Crippen LogP contribution < -0.4 is 0 Å². The minimum absolute atomic E-state index is 0.318. The summed E-state index contributed by atoms with van der Waals surface area (Å²) >= 11 is 0. The predicted octanol–water partition coefficient (Wildman–Crippen LogP) is 5.06. The Kier molecular flexibility index (Phi) is 4.10. The van der Waals surface area contributed by atoms with Crippen molar-refractivity contribution in [3.8, 4) is 11.1 Å². The zero-order valence-electron chi connectivity index (χ0n) is 13.1. The Morgan fingerprint density at radius 1 is 1.14 bits per heavy atom. The van der Waals surface area contributed by atoms with E-state index in [9.17, 15) is 4.79 Å². The van der Waals surface area contributed by atoms with Crippen molar-refractivity contribution in [2.24, 2.45) is 0 Å². The van der Waals surface area contributed by atoms with E-state index in [4.69, 9.17) is 0 Å². The SMILES string of the molecule is CCCC(=O)Cc1cc(C)cc(-c2cccc3[nH]ccc23)c1. The van der Waals surface area contributed by atoms with Gasteiger partial charge in [0.1, 0.15) is 5.78 Å². The van der Waals surface area contributed by atoms with E-state index in [0.717, 1.165) is 17.5 Å². The zero-order valence-corrected chi connectivity index (χ0v) is 13.1. The van der Waals surface area contributed by atoms with Crippen molar-refractivity contribution in [3.63, 3.8) is 0 Å². The lowest BCUT2D eigenvalue weighted by molar-refractivity contribution is -0.118. The topological polar surface area (TPSA) is 32.9 Å². The van der Waals surface area contributed by atoms with Gasteiger partial charge in [-0.05, 0) is 42.2 Å². The summed E-state index contributed by atoms with van der Waals surface area (Å²) in [4.78, 5) is 15.2. The van der Waals surface area contributed by atoms with Gasteiger partial charge in [-0.1, -0.05) is 42.8 Å². The van der Waals surface area contributed by atoms with Crippen LogP contribution in [-0.4, -0.2) is 10.8 Å². The second kappa shape index (κ2) is 6.18. The fourth-order valence-electron chi connectivity index (χ4n) is 3.05. The molecule has 0 spiro atoms. The first-order chi connectivity index (χ1) is 10.7. The molecule has 0 aliphatic carbocycles. The third kappa shape index (κ3) is 2.96. The Balaban J connectivity index is 2.02. The number of rotatable bonds is 5. The molecule has 0 bridgehead atoms. The van der Waals surface area contributed by atoms with Gasteiger partial charge in [0.05, 0.1) is 0 Å². The molecule has 2 heteroatoms. The number of nitrogens with one attached hydrogen (secondary N) is 1. The van der Waals surface area contributed by atoms with Gasteiger partial charge in [0.25, 0.3) is 0 Å². The number of aromatic nitrogens is 1. The van der Waals surface area contributed by atoms with Crippen molar-refractivity contribution >= 4 is 16.7 Å². The van der Waals surface area contributed by atoms with Crippen molar-refractivity contribution in [2.45, 2.75) is 33.1 Å². The van der Waals surface area contributed by atoms with E-state index >= 15 is 0 Å². The van der Waals surface area contributed by atoms with Crippen molar-refractivity contribution in [1.82, 2.24) is 4.98 Å². The van der Waals surface area contributed by atoms with Crippen LogP contribution in [0.5, 0.6) is 0 Å². The summed E-state index contributed by atoms with van der Waals surface area (Å²) in [6.07, 6.45) is 4.08. The van der Waals surface area contributed by atoms with Gasteiger partial charge in [0.15, 0.2) is 0 Å². The molecule has 0 aliphatic heterocycles. The molecule has 2 aromatic carbocycles. The molecule has 1 heterocycles. The number of hydrogen-bond donors (Lipinski definition) is 1. The van der Waals surface area contributed by atoms with Gasteiger partial charge in [-0.15, -0.1) is 0 Å². The molecule has 3 rings (SSSR count). The average Bonchev–Trinajstić information content (AvgIpc) is 2.95. The molecule has 0 amide bonds. The number of carbonyl (C=O) groups excluding carboxylic acids is 1. The molecule has 0 aliphatic rings. The van der Waals surface area contributed by atoms with Crippen LogP contribution in [0.25, 0.3) is 22.0 Å². The lowest BCUT2D eigenvalue weighted by atomic mass is 9.95. The number of aryl methyl sites for hydroxylation is 1. The molecule has 1 N–H and O–H groups in total. The maximum atomic E-state index is 11.9. The minimum Gasteiger partial charge on any atom is -0.361 e. The van der Waals surface area contributed by atoms with Gasteiger partial charge in [-0.25, -0.2) is 0 Å². The highest BCUT2D eigenvalue weighted by Crippen LogP contribution is 2.29. The maximum absolute atomic E-state index is 11.9. The van der Waals surface area contributed by atoms with E-state index in [0.29, 0.717) is 18.6 Å². The fourth-order valence-corrected chi connectivity index (χ4v) is 3.05. The third-order valence-electron chi connectivity index (χ3n) is 3.97. The van der Waals surface area contributed by atoms with E-state index in [-0.39, 0.29) is 0 Å². The molecule has 22 heavy (non-hydrogen) atoms. The summed E-state index contributed by atoms with van der Waals surface area (Å²) in [5.41, 5.74) is 5.85. The quantitative estimate of drug-likeness (QED) is 0.700. The first-order valence-corrected chi connectivity index (χ1v) is 7.86. The van der Waals surface area contributed by atoms with Gasteiger partial charge in [0, 0.05) is 29.9 Å². The van der Waals surface area contributed by atoms with Gasteiger partial charge in [-0.2, -0.15) is 0 Å². The van der Waals surface area contributed by atoms with E-state index in [1.54, 1.807) is 0 Å². The van der Waals surface area contributed by atoms with Crippen LogP contribution >= 0.6 is 0 Å². The first-order valence-electron chi connectivity index (χ1n) is 7.86. The number of benzene rings is 2. The predicted molar refractivity (Wildman–Crippen MR) is 92.1 cm³/mol. The third-order valence-corrected chi connectivity index (χ3v) is 3.97. The summed E-state index contributed by atoms with van der Waals surface area (Å²) in [6, 6.07) is 14.9. The number of carbonyl (C=O) groups is 1. The second-order valence-electron chi connectivity index (χ2n) is 5.92. The minimum atomic E-state index is 0.318. The Labute approximate surface area is 131 Å². The number of aromatic amines is 1. The Hall–Kier alpha value is -2.35. The summed E-state index contributed by atoms with van der Waals surface area (Å²) < 4.78 is 0. The number of H-pyrrole nitrogens is 1. The van der Waals surface area contributed by atoms with Crippen LogP contribution in [-0.2, 0) is 11.2 Å². The van der Waals surface area contributed by atoms with E-state index in [1.807, 2.05) is 13.1 Å². The standard InChI is InChI=1S/C20H21NO/c1-3-5-17(22)13-15-10-14(2)11-16(12-15)18-6-4-7-20-19(18)8-9-21-20/h4,6-12,21H,3,5,13H2,1-2H3. The molecule has 0 fully saturated rings. The van der Waals surface area contributed by atoms with Crippen LogP contribution in [0.3, 0.4) is 0 Å². The maximum Gasteiger partial charge on any atom is 0.137 e. The number of ketones is 1. The smallest absolute Gasteiger partial charge is 0.137 e. The number of fused-ring (bicyclic) bond motifs is 1. The molecule has 0 saturated carbocycles. The highest BCUT2D eigenvalue weighted by molar-refractivity contribution is 5.95. The Bertz CT molecular complexity index is 813. The van der Waals surface area contributed by atoms with Crippen LogP contribution in [0, 0.1) is 6.92 Å². The normalized spacial score (nSPS) is 11.0. The molecule has 1 aromatic heterocycles. The van der Waals surface area contributed by atoms with E-state index < -0.39 is 0 Å². The van der Waals surface area contributed by atoms with Gasteiger partial charge in [0.2, 0.25) is 0 Å². The first kappa shape index (κ1) is 14.6. The van der Waals surface area contributed by atoms with Crippen LogP contribution in [0.15, 0.2) is 48.7 Å². The molecule has 3 aromatic rings. The van der Waals surface area contributed by atoms with Crippen molar-refractivity contribution < 1.29 is 4.79 Å². The summed E-state index contributed by atoms with van der Waals surface area (Å²) in [5.74, 6) is 0.318. The average molecular weight is 291 g/mol. The van der Waals surface area contributed by atoms with Gasteiger partial charge in [-0.3, -0.25) is 4.79 Å². The molecule has 0 unspecified atom stereocenters. The number of hydrogen-bond acceptors (Lipinski definition) is 1. The molecule has 0 radical (unpaired) electrons. The van der Waals surface area contributed by atoms with Crippen molar-refractivity contribution in [2.75, 3.05) is 0 Å². The molecule has 112 valence electrons. The van der Waals surface area contributed by atoms with Crippen LogP contribution in [0.1, 0.15) is 30.9 Å². The monoisotopic (exact) mass is 291 g/mol. The van der Waals surface area contributed by atoms with E-state index in [2.05, 4.69) is 54.4 Å².